The van der Waals surface area contributed by atoms with Crippen LogP contribution in [0.2, 0.25) is 0 Å². The molecule has 2 heteroatoms. The lowest BCUT2D eigenvalue weighted by atomic mass is 9.84. The molecule has 0 bridgehead atoms. The van der Waals surface area contributed by atoms with E-state index in [0.29, 0.717) is 0 Å². The lowest BCUT2D eigenvalue weighted by Gasteiger charge is -2.19. The molecule has 0 spiro atoms. The Morgan fingerprint density at radius 1 is 0.241 bits per heavy atom. The molecule has 54 heavy (non-hydrogen) atoms. The van der Waals surface area contributed by atoms with Crippen molar-refractivity contribution in [2.45, 2.75) is 0 Å². The van der Waals surface area contributed by atoms with Crippen molar-refractivity contribution < 1.29 is 0 Å². The summed E-state index contributed by atoms with van der Waals surface area (Å²) in [7, 11) is 0. The topological polar surface area (TPSA) is 0 Å². The minimum Gasteiger partial charge on any atom is -0.135 e. The summed E-state index contributed by atoms with van der Waals surface area (Å²) in [5.74, 6) is 0. The molecule has 0 radical (unpaired) electrons. The van der Waals surface area contributed by atoms with Crippen LogP contribution in [0.5, 0.6) is 0 Å². The first-order valence-corrected chi connectivity index (χ1v) is 20.1. The van der Waals surface area contributed by atoms with Crippen LogP contribution in [-0.4, -0.2) is 0 Å². The van der Waals surface area contributed by atoms with Gasteiger partial charge in [0.2, 0.25) is 0 Å². The second-order valence-corrected chi connectivity index (χ2v) is 16.6. The minimum absolute atomic E-state index is 1.24. The Morgan fingerprint density at radius 3 is 1.44 bits per heavy atom. The number of benzene rings is 10. The maximum Gasteiger partial charge on any atom is 0.0362 e. The Kier molecular flexibility index (Phi) is 6.48. The molecule has 0 atom stereocenters. The predicted molar refractivity (Wildman–Crippen MR) is 239 cm³/mol. The molecule has 0 saturated carbocycles. The van der Waals surface area contributed by atoms with Crippen LogP contribution in [0.15, 0.2) is 182 Å². The van der Waals surface area contributed by atoms with Crippen LogP contribution < -0.4 is 0 Å². The third-order valence-corrected chi connectivity index (χ3v) is 13.7. The van der Waals surface area contributed by atoms with Crippen LogP contribution in [0.1, 0.15) is 0 Å². The molecule has 0 saturated heterocycles. The van der Waals surface area contributed by atoms with E-state index in [2.05, 4.69) is 182 Å². The highest BCUT2D eigenvalue weighted by Gasteiger charge is 2.18. The highest BCUT2D eigenvalue weighted by molar-refractivity contribution is 7.27. The zero-order valence-corrected chi connectivity index (χ0v) is 30.8. The average Bonchev–Trinajstić information content (AvgIpc) is 3.78. The summed E-state index contributed by atoms with van der Waals surface area (Å²) in [5, 5.41) is 15.6. The van der Waals surface area contributed by atoms with Crippen molar-refractivity contribution in [3.8, 4) is 33.4 Å². The van der Waals surface area contributed by atoms with Crippen LogP contribution in [-0.2, 0) is 0 Å². The van der Waals surface area contributed by atoms with E-state index >= 15 is 0 Å². The van der Waals surface area contributed by atoms with Crippen LogP contribution in [0.3, 0.4) is 0 Å². The molecule has 0 N–H and O–H groups in total. The fourth-order valence-corrected chi connectivity index (χ4v) is 11.2. The second-order valence-electron chi connectivity index (χ2n) is 14.4. The van der Waals surface area contributed by atoms with E-state index in [1.54, 1.807) is 0 Å². The van der Waals surface area contributed by atoms with Gasteiger partial charge in [0.05, 0.1) is 0 Å². The molecule has 0 aliphatic carbocycles. The van der Waals surface area contributed by atoms with Gasteiger partial charge in [0, 0.05) is 40.3 Å². The van der Waals surface area contributed by atoms with E-state index in [1.807, 2.05) is 22.7 Å². The molecule has 10 aromatic carbocycles. The van der Waals surface area contributed by atoms with Gasteiger partial charge in [-0.1, -0.05) is 140 Å². The lowest BCUT2D eigenvalue weighted by molar-refractivity contribution is 1.67. The maximum atomic E-state index is 2.42. The fraction of sp³-hybridized carbons (Fsp3) is 0. The zero-order chi connectivity index (χ0) is 35.3. The molecular weight excluding hydrogens is 689 g/mol. The first-order valence-electron chi connectivity index (χ1n) is 18.5. The smallest absolute Gasteiger partial charge is 0.0362 e. The van der Waals surface area contributed by atoms with E-state index in [1.165, 1.54) is 117 Å². The number of hydrogen-bond donors (Lipinski definition) is 0. The van der Waals surface area contributed by atoms with Crippen molar-refractivity contribution in [3.63, 3.8) is 0 Å². The maximum absolute atomic E-state index is 2.42. The Hall–Kier alpha value is -6.32. The molecule has 0 nitrogen and oxygen atoms in total. The van der Waals surface area contributed by atoms with Gasteiger partial charge < -0.3 is 0 Å². The summed E-state index contributed by atoms with van der Waals surface area (Å²) in [6.07, 6.45) is 0. The van der Waals surface area contributed by atoms with Gasteiger partial charge in [-0.25, -0.2) is 0 Å². The fourth-order valence-electron chi connectivity index (χ4n) is 8.93. The molecule has 12 aromatic rings. The van der Waals surface area contributed by atoms with E-state index in [9.17, 15) is 0 Å². The van der Waals surface area contributed by atoms with Gasteiger partial charge >= 0.3 is 0 Å². The third kappa shape index (κ3) is 4.48. The minimum atomic E-state index is 1.24. The van der Waals surface area contributed by atoms with Crippen molar-refractivity contribution in [3.05, 3.63) is 182 Å². The normalized spacial score (nSPS) is 12.1. The summed E-state index contributed by atoms with van der Waals surface area (Å²) in [6, 6.07) is 67.9. The first kappa shape index (κ1) is 30.2. The monoisotopic (exact) mass is 718 g/mol. The van der Waals surface area contributed by atoms with Crippen molar-refractivity contribution in [1.82, 2.24) is 0 Å². The van der Waals surface area contributed by atoms with Gasteiger partial charge in [-0.2, -0.15) is 0 Å². The van der Waals surface area contributed by atoms with Crippen molar-refractivity contribution >= 4 is 106 Å². The average molecular weight is 719 g/mol. The molecule has 0 fully saturated rings. The highest BCUT2D eigenvalue weighted by Crippen LogP contribution is 2.46. The lowest BCUT2D eigenvalue weighted by Crippen LogP contribution is -1.91. The second kappa shape index (κ2) is 11.6. The summed E-state index contributed by atoms with van der Waals surface area (Å²) < 4.78 is 5.41. The zero-order valence-electron chi connectivity index (χ0n) is 29.1. The molecule has 0 aliphatic heterocycles. The Morgan fingerprint density at radius 2 is 0.722 bits per heavy atom. The van der Waals surface area contributed by atoms with Gasteiger partial charge in [-0.3, -0.25) is 0 Å². The summed E-state index contributed by atoms with van der Waals surface area (Å²) in [6.45, 7) is 0. The number of rotatable bonds is 3. The Labute approximate surface area is 319 Å². The number of hydrogen-bond acceptors (Lipinski definition) is 2. The predicted octanol–water partition coefficient (Wildman–Crippen LogP) is 16.0. The van der Waals surface area contributed by atoms with Gasteiger partial charge in [0.25, 0.3) is 0 Å². The molecular formula is C52H30S2. The van der Waals surface area contributed by atoms with Gasteiger partial charge in [0.1, 0.15) is 0 Å². The van der Waals surface area contributed by atoms with E-state index in [0.717, 1.165) is 0 Å². The quantitative estimate of drug-likeness (QED) is 0.160. The summed E-state index contributed by atoms with van der Waals surface area (Å²) >= 11 is 3.80. The molecule has 0 unspecified atom stereocenters. The van der Waals surface area contributed by atoms with Crippen molar-refractivity contribution in [2.75, 3.05) is 0 Å². The van der Waals surface area contributed by atoms with E-state index < -0.39 is 0 Å². The van der Waals surface area contributed by atoms with Crippen LogP contribution in [0.25, 0.3) is 117 Å². The third-order valence-electron chi connectivity index (χ3n) is 11.4. The highest BCUT2D eigenvalue weighted by atomic mass is 32.1. The molecule has 2 heterocycles. The van der Waals surface area contributed by atoms with E-state index in [4.69, 9.17) is 0 Å². The van der Waals surface area contributed by atoms with Crippen LogP contribution in [0.4, 0.5) is 0 Å². The van der Waals surface area contributed by atoms with Crippen molar-refractivity contribution in [2.24, 2.45) is 0 Å². The SMILES string of the molecule is c1ccc2c(-c3c4ccccc4c(-c4ccc5cc(-c6ccc7sc8cc9c(cc8c7c6)sc6ccccc69)ccc5c4)c4ccccc34)cccc2c1. The Bertz CT molecular complexity index is 3440. The molecule has 250 valence electrons. The van der Waals surface area contributed by atoms with Gasteiger partial charge in [0.15, 0.2) is 0 Å². The summed E-state index contributed by atoms with van der Waals surface area (Å²) in [4.78, 5) is 0. The van der Waals surface area contributed by atoms with Crippen LogP contribution in [0, 0.1) is 0 Å². The summed E-state index contributed by atoms with van der Waals surface area (Å²) in [5.41, 5.74) is 7.61. The number of thiophene rings is 2. The first-order chi connectivity index (χ1) is 26.7. The standard InChI is InChI=1S/C52H30S2/c1-2-12-37-31(10-1)11-9-18-39(37)52-42-16-5-3-14-40(42)51(41-15-4-6-17-43(41)52)36-23-22-32-26-33(20-21-34(32)27-36)35-24-25-48-44(28-35)46-30-49-45(29-50(46)54-48)38-13-7-8-19-47(38)53-49/h1-30H. The Balaban J connectivity index is 0.995. The van der Waals surface area contributed by atoms with Crippen LogP contribution >= 0.6 is 22.7 Å². The van der Waals surface area contributed by atoms with Gasteiger partial charge in [-0.05, 0) is 119 Å². The number of fused-ring (bicyclic) bond motifs is 10. The largest absolute Gasteiger partial charge is 0.135 e. The molecule has 0 aliphatic rings. The van der Waals surface area contributed by atoms with E-state index in [-0.39, 0.29) is 0 Å². The van der Waals surface area contributed by atoms with Crippen molar-refractivity contribution in [1.29, 1.82) is 0 Å². The molecule has 0 amide bonds. The molecule has 12 rings (SSSR count). The van der Waals surface area contributed by atoms with Gasteiger partial charge in [-0.15, -0.1) is 22.7 Å². The molecule has 2 aromatic heterocycles.